The average Bonchev–Trinajstić information content (AvgIpc) is 3.60. The average molecular weight is 556 g/mol. The van der Waals surface area contributed by atoms with E-state index in [1.807, 2.05) is 0 Å². The summed E-state index contributed by atoms with van der Waals surface area (Å²) in [6, 6.07) is 3.86. The Hall–Kier alpha value is -2.50. The van der Waals surface area contributed by atoms with Crippen LogP contribution in [-0.2, 0) is 20.5 Å². The van der Waals surface area contributed by atoms with Crippen molar-refractivity contribution in [1.82, 2.24) is 15.2 Å². The van der Waals surface area contributed by atoms with Gasteiger partial charge in [-0.15, -0.1) is 22.9 Å². The number of halogens is 4. The number of ketones is 1. The molecule has 2 aromatic rings. The number of nitrogens with one attached hydrogen (secondary N) is 1. The standard InChI is InChI=1S/C25H25ClF3N3O4S/c26-15-11-32(21-16(33)12-36-22(15)21)24(35)20(13-4-2-1-3-5-13)31-23(34)18-8-7-17(37-18)14-6-9-19(30-10-14)25(27,28)29/h6-10,13,15,20-22H,1-5,11-12H2,(H,31,34)/t15-,20?,21+,22+/m0/s1. The molecule has 2 saturated heterocycles. The zero-order chi connectivity index (χ0) is 26.3. The van der Waals surface area contributed by atoms with Crippen molar-refractivity contribution >= 4 is 40.5 Å². The molecule has 37 heavy (non-hydrogen) atoms. The second-order valence-electron chi connectivity index (χ2n) is 9.64. The minimum atomic E-state index is -4.53. The normalized spacial score (nSPS) is 25.2. The number of carbonyl (C=O) groups excluding carboxylic acids is 3. The van der Waals surface area contributed by atoms with Gasteiger partial charge in [-0.3, -0.25) is 19.4 Å². The smallest absolute Gasteiger partial charge is 0.366 e. The molecule has 1 saturated carbocycles. The zero-order valence-corrected chi connectivity index (χ0v) is 21.2. The third-order valence-electron chi connectivity index (χ3n) is 7.25. The lowest BCUT2D eigenvalue weighted by Crippen LogP contribution is -2.55. The van der Waals surface area contributed by atoms with Gasteiger partial charge >= 0.3 is 6.18 Å². The Morgan fingerprint density at radius 3 is 2.59 bits per heavy atom. The Morgan fingerprint density at radius 2 is 1.92 bits per heavy atom. The monoisotopic (exact) mass is 555 g/mol. The molecule has 2 aromatic heterocycles. The quantitative estimate of drug-likeness (QED) is 0.556. The number of fused-ring (bicyclic) bond motifs is 1. The predicted molar refractivity (Wildman–Crippen MR) is 130 cm³/mol. The van der Waals surface area contributed by atoms with Crippen molar-refractivity contribution < 1.29 is 32.3 Å². The highest BCUT2D eigenvalue weighted by Gasteiger charge is 2.53. The van der Waals surface area contributed by atoms with Crippen LogP contribution in [0.5, 0.6) is 0 Å². The van der Waals surface area contributed by atoms with E-state index < -0.39 is 41.3 Å². The van der Waals surface area contributed by atoms with Crippen LogP contribution in [0.25, 0.3) is 10.4 Å². The molecule has 1 N–H and O–H groups in total. The van der Waals surface area contributed by atoms with E-state index in [2.05, 4.69) is 10.3 Å². The van der Waals surface area contributed by atoms with Crippen molar-refractivity contribution in [1.29, 1.82) is 0 Å². The maximum Gasteiger partial charge on any atom is 0.433 e. The lowest BCUT2D eigenvalue weighted by atomic mass is 9.83. The molecule has 0 bridgehead atoms. The summed E-state index contributed by atoms with van der Waals surface area (Å²) in [5.74, 6) is -1.05. The van der Waals surface area contributed by atoms with Crippen molar-refractivity contribution in [3.8, 4) is 10.4 Å². The molecule has 12 heteroatoms. The van der Waals surface area contributed by atoms with E-state index in [1.54, 1.807) is 12.1 Å². The van der Waals surface area contributed by atoms with Crippen molar-refractivity contribution in [2.75, 3.05) is 13.2 Å². The number of likely N-dealkylation sites (tertiary alicyclic amines) is 1. The number of ether oxygens (including phenoxy) is 1. The Labute approximate surface area is 220 Å². The van der Waals surface area contributed by atoms with Gasteiger partial charge < -0.3 is 15.0 Å². The van der Waals surface area contributed by atoms with Crippen LogP contribution in [0.3, 0.4) is 0 Å². The molecule has 3 fully saturated rings. The van der Waals surface area contributed by atoms with Crippen LogP contribution in [0, 0.1) is 5.92 Å². The zero-order valence-electron chi connectivity index (χ0n) is 19.7. The number of rotatable bonds is 5. The van der Waals surface area contributed by atoms with E-state index >= 15 is 0 Å². The number of hydrogen-bond acceptors (Lipinski definition) is 6. The van der Waals surface area contributed by atoms with Gasteiger partial charge in [-0.1, -0.05) is 19.3 Å². The van der Waals surface area contributed by atoms with Gasteiger partial charge in [0.15, 0.2) is 5.78 Å². The van der Waals surface area contributed by atoms with Crippen LogP contribution in [0.4, 0.5) is 13.2 Å². The first-order valence-electron chi connectivity index (χ1n) is 12.2. The molecular weight excluding hydrogens is 531 g/mol. The van der Waals surface area contributed by atoms with Crippen LogP contribution in [-0.4, -0.2) is 64.2 Å². The summed E-state index contributed by atoms with van der Waals surface area (Å²) in [4.78, 5) is 45.3. The molecule has 1 unspecified atom stereocenters. The summed E-state index contributed by atoms with van der Waals surface area (Å²) in [5, 5.41) is 2.40. The third kappa shape index (κ3) is 5.26. The van der Waals surface area contributed by atoms with Crippen LogP contribution < -0.4 is 5.32 Å². The third-order valence-corrected chi connectivity index (χ3v) is 8.77. The first-order chi connectivity index (χ1) is 17.6. The Bertz CT molecular complexity index is 1180. The number of thiophene rings is 1. The largest absolute Gasteiger partial charge is 0.433 e. The van der Waals surface area contributed by atoms with Crippen molar-refractivity contribution in [3.63, 3.8) is 0 Å². The number of pyridine rings is 1. The number of amides is 2. The summed E-state index contributed by atoms with van der Waals surface area (Å²) in [5.41, 5.74) is -0.540. The fourth-order valence-corrected chi connectivity index (χ4v) is 6.64. The molecule has 3 aliphatic rings. The molecule has 4 atom stereocenters. The van der Waals surface area contributed by atoms with E-state index in [0.29, 0.717) is 15.3 Å². The van der Waals surface area contributed by atoms with E-state index in [4.69, 9.17) is 16.3 Å². The van der Waals surface area contributed by atoms with Gasteiger partial charge in [0.05, 0.1) is 10.3 Å². The van der Waals surface area contributed by atoms with Crippen molar-refractivity contribution in [2.24, 2.45) is 5.92 Å². The maximum atomic E-state index is 13.7. The van der Waals surface area contributed by atoms with Crippen molar-refractivity contribution in [3.05, 3.63) is 41.0 Å². The van der Waals surface area contributed by atoms with Gasteiger partial charge in [-0.05, 0) is 43.0 Å². The first kappa shape index (κ1) is 26.1. The summed E-state index contributed by atoms with van der Waals surface area (Å²) >= 11 is 7.48. The highest BCUT2D eigenvalue weighted by molar-refractivity contribution is 7.17. The van der Waals surface area contributed by atoms with E-state index in [9.17, 15) is 27.6 Å². The van der Waals surface area contributed by atoms with Gasteiger partial charge in [0.25, 0.3) is 5.91 Å². The molecule has 7 nitrogen and oxygen atoms in total. The fraction of sp³-hybridized carbons (Fsp3) is 0.520. The molecule has 0 spiro atoms. The topological polar surface area (TPSA) is 88.6 Å². The number of hydrogen-bond donors (Lipinski definition) is 1. The second kappa shape index (κ2) is 10.3. The van der Waals surface area contributed by atoms with Crippen molar-refractivity contribution in [2.45, 2.75) is 61.8 Å². The molecule has 5 rings (SSSR count). The molecule has 1 aliphatic carbocycles. The first-order valence-corrected chi connectivity index (χ1v) is 13.4. The van der Waals surface area contributed by atoms with Crippen LogP contribution in [0.2, 0.25) is 0 Å². The summed E-state index contributed by atoms with van der Waals surface area (Å²) in [6.07, 6.45) is 0.552. The highest BCUT2D eigenvalue weighted by atomic mass is 35.5. The number of nitrogens with zero attached hydrogens (tertiary/aromatic N) is 2. The van der Waals surface area contributed by atoms with Crippen LogP contribution in [0.1, 0.15) is 47.5 Å². The SMILES string of the molecule is O=C(NC(C(=O)N1C[C@H](Cl)[C@H]2OCC(=O)[C@H]21)C1CCCCC1)c1ccc(-c2ccc(C(F)(F)F)nc2)s1. The minimum Gasteiger partial charge on any atom is -0.366 e. The van der Waals surface area contributed by atoms with Crippen LogP contribution >= 0.6 is 22.9 Å². The highest BCUT2D eigenvalue weighted by Crippen LogP contribution is 2.35. The number of alkyl halides is 4. The van der Waals surface area contributed by atoms with Gasteiger partial charge in [0.2, 0.25) is 5.91 Å². The molecule has 2 amide bonds. The number of aromatic nitrogens is 1. The van der Waals surface area contributed by atoms with Gasteiger partial charge in [-0.2, -0.15) is 13.2 Å². The molecule has 0 aromatic carbocycles. The predicted octanol–water partition coefficient (Wildman–Crippen LogP) is 4.29. The summed E-state index contributed by atoms with van der Waals surface area (Å²) < 4.78 is 44.0. The van der Waals surface area contributed by atoms with E-state index in [0.717, 1.165) is 55.7 Å². The van der Waals surface area contributed by atoms with Gasteiger partial charge in [0.1, 0.15) is 30.5 Å². The number of Topliss-reactive ketones (excluding diaryl/α,β-unsaturated/α-hetero) is 1. The van der Waals surface area contributed by atoms with Crippen LogP contribution in [0.15, 0.2) is 30.5 Å². The summed E-state index contributed by atoms with van der Waals surface area (Å²) in [7, 11) is 0. The summed E-state index contributed by atoms with van der Waals surface area (Å²) in [6.45, 7) is 0.0875. The van der Waals surface area contributed by atoms with E-state index in [-0.39, 0.29) is 30.8 Å². The van der Waals surface area contributed by atoms with E-state index in [1.165, 1.54) is 11.0 Å². The Kier molecular flexibility index (Phi) is 7.30. The van der Waals surface area contributed by atoms with Gasteiger partial charge in [-0.25, -0.2) is 0 Å². The molecule has 2 aliphatic heterocycles. The maximum absolute atomic E-state index is 13.7. The molecule has 198 valence electrons. The minimum absolute atomic E-state index is 0.0750. The Balaban J connectivity index is 1.34. The fourth-order valence-electron chi connectivity index (χ4n) is 5.39. The second-order valence-corrected chi connectivity index (χ2v) is 11.3. The molecule has 4 heterocycles. The number of carbonyl (C=O) groups is 3. The Morgan fingerprint density at radius 1 is 1.16 bits per heavy atom. The lowest BCUT2D eigenvalue weighted by molar-refractivity contribution is -0.141. The van der Waals surface area contributed by atoms with Gasteiger partial charge in [0, 0.05) is 23.2 Å². The lowest BCUT2D eigenvalue weighted by Gasteiger charge is -2.34. The molecule has 0 radical (unpaired) electrons. The molecular formula is C25H25ClF3N3O4S.